The minimum absolute atomic E-state index is 0.0775. The summed E-state index contributed by atoms with van der Waals surface area (Å²) in [5, 5.41) is 0. The average Bonchev–Trinajstić information content (AvgIpc) is 2.27. The van der Waals surface area contributed by atoms with Crippen molar-refractivity contribution in [2.45, 2.75) is 58.4 Å². The number of benzene rings is 1. The summed E-state index contributed by atoms with van der Waals surface area (Å²) in [6.07, 6.45) is 1.92. The molecule has 1 aromatic carbocycles. The van der Waals surface area contributed by atoms with E-state index in [9.17, 15) is 8.42 Å². The maximum atomic E-state index is 12.6. The average molecular weight is 298 g/mol. The van der Waals surface area contributed by atoms with Crippen LogP contribution in [0.1, 0.15) is 44.7 Å². The maximum Gasteiger partial charge on any atom is 0.241 e. The standard InChI is InChI=1S/C15H26N2O2S/c1-6-13(7-2)12(5)17-20(18,19)15-10(3)8-14(16)9-11(15)4/h8-9,12-13,17H,6-7,16H2,1-5H3. The molecule has 0 spiro atoms. The number of hydrogen-bond donors (Lipinski definition) is 2. The van der Waals surface area contributed by atoms with Gasteiger partial charge in [0.15, 0.2) is 0 Å². The predicted octanol–water partition coefficient (Wildman–Crippen LogP) is 2.99. The SMILES string of the molecule is CCC(CC)C(C)NS(=O)(=O)c1c(C)cc(N)cc1C. The Kier molecular flexibility index (Phi) is 5.59. The summed E-state index contributed by atoms with van der Waals surface area (Å²) in [6.45, 7) is 9.65. The largest absolute Gasteiger partial charge is 0.399 e. The van der Waals surface area contributed by atoms with Crippen LogP contribution < -0.4 is 10.5 Å². The van der Waals surface area contributed by atoms with Crippen LogP contribution >= 0.6 is 0 Å². The Hall–Kier alpha value is -1.07. The minimum atomic E-state index is -3.51. The molecular weight excluding hydrogens is 272 g/mol. The van der Waals surface area contributed by atoms with Crippen LogP contribution in [-0.4, -0.2) is 14.5 Å². The number of aryl methyl sites for hydroxylation is 2. The van der Waals surface area contributed by atoms with E-state index in [1.807, 2.05) is 6.92 Å². The Morgan fingerprint density at radius 2 is 1.60 bits per heavy atom. The van der Waals surface area contributed by atoms with E-state index in [1.54, 1.807) is 26.0 Å². The van der Waals surface area contributed by atoms with E-state index in [1.165, 1.54) is 0 Å². The van der Waals surface area contributed by atoms with E-state index in [0.717, 1.165) is 12.8 Å². The van der Waals surface area contributed by atoms with Gasteiger partial charge in [-0.15, -0.1) is 0 Å². The summed E-state index contributed by atoms with van der Waals surface area (Å²) in [4.78, 5) is 0.351. The number of nitrogens with two attached hydrogens (primary N) is 1. The lowest BCUT2D eigenvalue weighted by atomic mass is 9.96. The second-order valence-electron chi connectivity index (χ2n) is 5.47. The fraction of sp³-hybridized carbons (Fsp3) is 0.600. The number of nitrogens with one attached hydrogen (secondary N) is 1. The summed E-state index contributed by atoms with van der Waals surface area (Å²) < 4.78 is 28.0. The van der Waals surface area contributed by atoms with Crippen LogP contribution in [0.3, 0.4) is 0 Å². The predicted molar refractivity (Wildman–Crippen MR) is 84.2 cm³/mol. The van der Waals surface area contributed by atoms with Crippen LogP contribution in [0, 0.1) is 19.8 Å². The molecule has 0 aliphatic heterocycles. The fourth-order valence-corrected chi connectivity index (χ4v) is 4.57. The summed E-state index contributed by atoms with van der Waals surface area (Å²) in [6, 6.07) is 3.32. The van der Waals surface area contributed by atoms with Crippen LogP contribution in [0.4, 0.5) is 5.69 Å². The smallest absolute Gasteiger partial charge is 0.241 e. The molecule has 1 aromatic rings. The summed E-state index contributed by atoms with van der Waals surface area (Å²) in [5.41, 5.74) is 7.71. The van der Waals surface area contributed by atoms with Gasteiger partial charge in [-0.25, -0.2) is 13.1 Å². The van der Waals surface area contributed by atoms with Gasteiger partial charge in [0.05, 0.1) is 4.90 Å². The molecule has 0 amide bonds. The van der Waals surface area contributed by atoms with Gasteiger partial charge in [-0.05, 0) is 49.9 Å². The molecule has 4 nitrogen and oxygen atoms in total. The van der Waals surface area contributed by atoms with E-state index in [4.69, 9.17) is 5.73 Å². The molecule has 0 radical (unpaired) electrons. The van der Waals surface area contributed by atoms with Gasteiger partial charge in [-0.3, -0.25) is 0 Å². The molecule has 0 saturated heterocycles. The molecule has 3 N–H and O–H groups in total. The molecule has 0 aromatic heterocycles. The van der Waals surface area contributed by atoms with Gasteiger partial charge in [0, 0.05) is 11.7 Å². The van der Waals surface area contributed by atoms with E-state index in [2.05, 4.69) is 18.6 Å². The Morgan fingerprint density at radius 1 is 1.15 bits per heavy atom. The van der Waals surface area contributed by atoms with E-state index >= 15 is 0 Å². The molecule has 0 bridgehead atoms. The van der Waals surface area contributed by atoms with Crippen LogP contribution in [0.5, 0.6) is 0 Å². The first-order chi connectivity index (χ1) is 9.22. The number of hydrogen-bond acceptors (Lipinski definition) is 3. The number of sulfonamides is 1. The van der Waals surface area contributed by atoms with Crippen LogP contribution in [0.2, 0.25) is 0 Å². The lowest BCUT2D eigenvalue weighted by Crippen LogP contribution is -2.38. The van der Waals surface area contributed by atoms with Crippen molar-refractivity contribution in [2.24, 2.45) is 5.92 Å². The number of nitrogen functional groups attached to an aromatic ring is 1. The topological polar surface area (TPSA) is 72.2 Å². The highest BCUT2D eigenvalue weighted by atomic mass is 32.2. The Balaban J connectivity index is 3.12. The fourth-order valence-electron chi connectivity index (χ4n) is 2.80. The zero-order chi connectivity index (χ0) is 15.5. The van der Waals surface area contributed by atoms with E-state index in [-0.39, 0.29) is 6.04 Å². The Bertz CT molecular complexity index is 540. The Morgan fingerprint density at radius 3 is 2.00 bits per heavy atom. The zero-order valence-corrected chi connectivity index (χ0v) is 13.8. The third kappa shape index (κ3) is 3.73. The minimum Gasteiger partial charge on any atom is -0.399 e. The number of anilines is 1. The van der Waals surface area contributed by atoms with Crippen LogP contribution in [0.25, 0.3) is 0 Å². The number of rotatable bonds is 6. The van der Waals surface area contributed by atoms with Crippen LogP contribution in [0.15, 0.2) is 17.0 Å². The molecule has 1 unspecified atom stereocenters. The first-order valence-electron chi connectivity index (χ1n) is 7.12. The van der Waals surface area contributed by atoms with Gasteiger partial charge in [-0.2, -0.15) is 0 Å². The lowest BCUT2D eigenvalue weighted by Gasteiger charge is -2.23. The quantitative estimate of drug-likeness (QED) is 0.793. The first-order valence-corrected chi connectivity index (χ1v) is 8.60. The van der Waals surface area contributed by atoms with Gasteiger partial charge in [0.25, 0.3) is 0 Å². The highest BCUT2D eigenvalue weighted by Crippen LogP contribution is 2.24. The van der Waals surface area contributed by atoms with E-state index < -0.39 is 10.0 Å². The van der Waals surface area contributed by atoms with E-state index in [0.29, 0.717) is 27.6 Å². The van der Waals surface area contributed by atoms with Crippen molar-refractivity contribution in [1.29, 1.82) is 0 Å². The third-order valence-electron chi connectivity index (χ3n) is 3.85. The van der Waals surface area contributed by atoms with Crippen molar-refractivity contribution >= 4 is 15.7 Å². The molecule has 20 heavy (non-hydrogen) atoms. The van der Waals surface area contributed by atoms with Gasteiger partial charge in [-0.1, -0.05) is 26.7 Å². The van der Waals surface area contributed by atoms with Crippen molar-refractivity contribution in [3.05, 3.63) is 23.3 Å². The maximum absolute atomic E-state index is 12.6. The molecule has 114 valence electrons. The molecule has 5 heteroatoms. The molecule has 0 fully saturated rings. The van der Waals surface area contributed by atoms with Gasteiger partial charge >= 0.3 is 0 Å². The van der Waals surface area contributed by atoms with Crippen molar-refractivity contribution < 1.29 is 8.42 Å². The molecular formula is C15H26N2O2S. The molecule has 0 heterocycles. The first kappa shape index (κ1) is 17.0. The second kappa shape index (κ2) is 6.59. The second-order valence-corrected chi connectivity index (χ2v) is 7.12. The summed E-state index contributed by atoms with van der Waals surface area (Å²) in [5.74, 6) is 0.346. The van der Waals surface area contributed by atoms with Crippen molar-refractivity contribution in [3.63, 3.8) is 0 Å². The molecule has 1 rings (SSSR count). The van der Waals surface area contributed by atoms with Crippen molar-refractivity contribution in [1.82, 2.24) is 4.72 Å². The lowest BCUT2D eigenvalue weighted by molar-refractivity contribution is 0.390. The summed E-state index contributed by atoms with van der Waals surface area (Å²) in [7, 11) is -3.51. The molecule has 1 atom stereocenters. The monoisotopic (exact) mass is 298 g/mol. The van der Waals surface area contributed by atoms with Gasteiger partial charge in [0.2, 0.25) is 10.0 Å². The van der Waals surface area contributed by atoms with Gasteiger partial charge < -0.3 is 5.73 Å². The highest BCUT2D eigenvalue weighted by molar-refractivity contribution is 7.89. The highest BCUT2D eigenvalue weighted by Gasteiger charge is 2.24. The Labute approximate surface area is 122 Å². The molecule has 0 saturated carbocycles. The third-order valence-corrected chi connectivity index (χ3v) is 5.71. The normalized spacial score (nSPS) is 13.7. The van der Waals surface area contributed by atoms with Crippen molar-refractivity contribution in [3.8, 4) is 0 Å². The van der Waals surface area contributed by atoms with Gasteiger partial charge in [0.1, 0.15) is 0 Å². The van der Waals surface area contributed by atoms with Crippen molar-refractivity contribution in [2.75, 3.05) is 5.73 Å². The molecule has 0 aliphatic rings. The molecule has 0 aliphatic carbocycles. The summed E-state index contributed by atoms with van der Waals surface area (Å²) >= 11 is 0. The van der Waals surface area contributed by atoms with Crippen LogP contribution in [-0.2, 0) is 10.0 Å². The zero-order valence-electron chi connectivity index (χ0n) is 13.0.